The summed E-state index contributed by atoms with van der Waals surface area (Å²) in [7, 11) is 4.04. The van der Waals surface area contributed by atoms with Gasteiger partial charge in [0.05, 0.1) is 19.3 Å². The predicted octanol–water partition coefficient (Wildman–Crippen LogP) is 3.01. The molecule has 1 atom stereocenters. The molecule has 6 nitrogen and oxygen atoms in total. The normalized spacial score (nSPS) is 15.7. The van der Waals surface area contributed by atoms with Crippen molar-refractivity contribution in [3.05, 3.63) is 46.7 Å². The minimum absolute atomic E-state index is 0.171. The van der Waals surface area contributed by atoms with Crippen LogP contribution in [-0.2, 0) is 4.74 Å². The maximum absolute atomic E-state index is 12.2. The highest BCUT2D eigenvalue weighted by Crippen LogP contribution is 2.22. The quantitative estimate of drug-likeness (QED) is 0.816. The average molecular weight is 375 g/mol. The molecule has 2 N–H and O–H groups in total. The lowest BCUT2D eigenvalue weighted by Gasteiger charge is -2.29. The molecule has 1 aromatic heterocycles. The van der Waals surface area contributed by atoms with E-state index in [1.165, 1.54) is 4.88 Å². The van der Waals surface area contributed by atoms with Gasteiger partial charge in [0.25, 0.3) is 0 Å². The van der Waals surface area contributed by atoms with Crippen molar-refractivity contribution in [3.63, 3.8) is 0 Å². The van der Waals surface area contributed by atoms with Gasteiger partial charge in [0.1, 0.15) is 0 Å². The molecule has 0 saturated carbocycles. The van der Waals surface area contributed by atoms with Crippen LogP contribution in [0.3, 0.4) is 0 Å². The zero-order valence-corrected chi connectivity index (χ0v) is 16.1. The van der Waals surface area contributed by atoms with Gasteiger partial charge in [-0.05, 0) is 49.8 Å². The minimum Gasteiger partial charge on any atom is -0.378 e. The largest absolute Gasteiger partial charge is 0.378 e. The van der Waals surface area contributed by atoms with E-state index in [4.69, 9.17) is 4.74 Å². The third kappa shape index (κ3) is 4.97. The summed E-state index contributed by atoms with van der Waals surface area (Å²) in [6.07, 6.45) is 0. The van der Waals surface area contributed by atoms with Gasteiger partial charge < -0.3 is 25.2 Å². The number of likely N-dealkylation sites (N-methyl/N-ethyl adjacent to an activating group) is 1. The van der Waals surface area contributed by atoms with Gasteiger partial charge in [0, 0.05) is 35.9 Å². The number of anilines is 2. The molecule has 0 aliphatic carbocycles. The summed E-state index contributed by atoms with van der Waals surface area (Å²) in [5, 5.41) is 7.93. The molecular weight excluding hydrogens is 348 g/mol. The number of hydrogen-bond acceptors (Lipinski definition) is 5. The SMILES string of the molecule is CN(C)[C@H](CNC(=O)Nc1ccc(N2CCOCC2)cc1)c1cccs1. The highest BCUT2D eigenvalue weighted by Gasteiger charge is 2.16. The van der Waals surface area contributed by atoms with Crippen LogP contribution in [0.2, 0.25) is 0 Å². The van der Waals surface area contributed by atoms with Crippen LogP contribution in [0.5, 0.6) is 0 Å². The molecule has 26 heavy (non-hydrogen) atoms. The highest BCUT2D eigenvalue weighted by molar-refractivity contribution is 7.10. The Labute approximate surface area is 158 Å². The van der Waals surface area contributed by atoms with E-state index in [0.717, 1.165) is 37.7 Å². The zero-order chi connectivity index (χ0) is 18.4. The molecule has 140 valence electrons. The maximum Gasteiger partial charge on any atom is 0.319 e. The van der Waals surface area contributed by atoms with Crippen molar-refractivity contribution in [2.45, 2.75) is 6.04 Å². The molecule has 2 amide bonds. The van der Waals surface area contributed by atoms with Crippen LogP contribution in [0, 0.1) is 0 Å². The monoisotopic (exact) mass is 374 g/mol. The van der Waals surface area contributed by atoms with Crippen LogP contribution in [0.4, 0.5) is 16.2 Å². The second-order valence-electron chi connectivity index (χ2n) is 6.48. The van der Waals surface area contributed by atoms with Crippen molar-refractivity contribution >= 4 is 28.7 Å². The van der Waals surface area contributed by atoms with Crippen LogP contribution >= 0.6 is 11.3 Å². The van der Waals surface area contributed by atoms with E-state index >= 15 is 0 Å². The van der Waals surface area contributed by atoms with Crippen LogP contribution in [0.15, 0.2) is 41.8 Å². The van der Waals surface area contributed by atoms with Crippen LogP contribution < -0.4 is 15.5 Å². The number of nitrogens with zero attached hydrogens (tertiary/aromatic N) is 2. The Bertz CT molecular complexity index is 682. The number of benzene rings is 1. The van der Waals surface area contributed by atoms with Crippen molar-refractivity contribution in [2.24, 2.45) is 0 Å². The smallest absolute Gasteiger partial charge is 0.319 e. The number of carbonyl (C=O) groups is 1. The van der Waals surface area contributed by atoms with E-state index < -0.39 is 0 Å². The van der Waals surface area contributed by atoms with Gasteiger partial charge in [-0.3, -0.25) is 0 Å². The van der Waals surface area contributed by atoms with E-state index in [9.17, 15) is 4.79 Å². The molecule has 0 bridgehead atoms. The van der Waals surface area contributed by atoms with E-state index in [1.54, 1.807) is 11.3 Å². The lowest BCUT2D eigenvalue weighted by atomic mass is 10.2. The summed E-state index contributed by atoms with van der Waals surface area (Å²) in [6, 6.07) is 12.1. The van der Waals surface area contributed by atoms with E-state index in [-0.39, 0.29) is 12.1 Å². The number of morpholine rings is 1. The first-order chi connectivity index (χ1) is 12.6. The molecule has 0 unspecified atom stereocenters. The molecule has 7 heteroatoms. The van der Waals surface area contributed by atoms with E-state index in [1.807, 2.05) is 44.4 Å². The van der Waals surface area contributed by atoms with Crippen LogP contribution in [0.1, 0.15) is 10.9 Å². The predicted molar refractivity (Wildman–Crippen MR) is 107 cm³/mol. The third-order valence-electron chi connectivity index (χ3n) is 4.45. The summed E-state index contributed by atoms with van der Waals surface area (Å²) in [5.41, 5.74) is 1.95. The summed E-state index contributed by atoms with van der Waals surface area (Å²) >= 11 is 1.70. The number of amides is 2. The van der Waals surface area contributed by atoms with Gasteiger partial charge >= 0.3 is 6.03 Å². The molecule has 2 aromatic rings. The average Bonchev–Trinajstić information content (AvgIpc) is 3.17. The zero-order valence-electron chi connectivity index (χ0n) is 15.3. The first-order valence-electron chi connectivity index (χ1n) is 8.81. The van der Waals surface area contributed by atoms with Crippen molar-refractivity contribution in [2.75, 3.05) is 57.2 Å². The minimum atomic E-state index is -0.187. The number of thiophene rings is 1. The number of nitrogens with one attached hydrogen (secondary N) is 2. The Hall–Kier alpha value is -2.09. The fourth-order valence-electron chi connectivity index (χ4n) is 2.96. The standard InChI is InChI=1S/C19H26N4O2S/c1-22(2)17(18-4-3-13-26-18)14-20-19(24)21-15-5-7-16(8-6-15)23-9-11-25-12-10-23/h3-8,13,17H,9-12,14H2,1-2H3,(H2,20,21,24)/t17-/m1/s1. The molecule has 2 heterocycles. The van der Waals surface area contributed by atoms with E-state index in [0.29, 0.717) is 6.54 Å². The summed E-state index contributed by atoms with van der Waals surface area (Å²) in [4.78, 5) is 17.9. The number of urea groups is 1. The Morgan fingerprint density at radius 1 is 1.23 bits per heavy atom. The van der Waals surface area contributed by atoms with Crippen LogP contribution in [0.25, 0.3) is 0 Å². The number of carbonyl (C=O) groups excluding carboxylic acids is 1. The molecule has 3 rings (SSSR count). The van der Waals surface area contributed by atoms with Gasteiger partial charge in [0.15, 0.2) is 0 Å². The second-order valence-corrected chi connectivity index (χ2v) is 7.46. The van der Waals surface area contributed by atoms with Crippen molar-refractivity contribution in [1.29, 1.82) is 0 Å². The maximum atomic E-state index is 12.2. The second kappa shape index (κ2) is 9.02. The molecule has 1 aliphatic heterocycles. The molecule has 1 aliphatic rings. The lowest BCUT2D eigenvalue weighted by Crippen LogP contribution is -2.37. The molecule has 0 radical (unpaired) electrons. The lowest BCUT2D eigenvalue weighted by molar-refractivity contribution is 0.122. The first-order valence-corrected chi connectivity index (χ1v) is 9.69. The molecule has 1 aromatic carbocycles. The van der Waals surface area contributed by atoms with Crippen molar-refractivity contribution in [3.8, 4) is 0 Å². The summed E-state index contributed by atoms with van der Waals surface area (Å²) < 4.78 is 5.38. The van der Waals surface area contributed by atoms with Gasteiger partial charge in [-0.15, -0.1) is 11.3 Å². The van der Waals surface area contributed by atoms with Crippen molar-refractivity contribution < 1.29 is 9.53 Å². The molecular formula is C19H26N4O2S. The van der Waals surface area contributed by atoms with Crippen LogP contribution in [-0.4, -0.2) is 57.9 Å². The fraction of sp³-hybridized carbons (Fsp3) is 0.421. The topological polar surface area (TPSA) is 56.8 Å². The highest BCUT2D eigenvalue weighted by atomic mass is 32.1. The van der Waals surface area contributed by atoms with E-state index in [2.05, 4.69) is 31.9 Å². The van der Waals surface area contributed by atoms with Gasteiger partial charge in [-0.1, -0.05) is 6.07 Å². The number of hydrogen-bond donors (Lipinski definition) is 2. The molecule has 1 fully saturated rings. The molecule has 1 saturated heterocycles. The molecule has 0 spiro atoms. The summed E-state index contributed by atoms with van der Waals surface area (Å²) in [6.45, 7) is 3.90. The Balaban J connectivity index is 1.51. The van der Waals surface area contributed by atoms with Crippen molar-refractivity contribution in [1.82, 2.24) is 10.2 Å². The fourth-order valence-corrected chi connectivity index (χ4v) is 3.88. The van der Waals surface area contributed by atoms with Gasteiger partial charge in [-0.2, -0.15) is 0 Å². The summed E-state index contributed by atoms with van der Waals surface area (Å²) in [5.74, 6) is 0. The first kappa shape index (κ1) is 18.7. The number of ether oxygens (including phenoxy) is 1. The van der Waals surface area contributed by atoms with Gasteiger partial charge in [-0.25, -0.2) is 4.79 Å². The number of rotatable bonds is 6. The Kier molecular flexibility index (Phi) is 6.49. The Morgan fingerprint density at radius 2 is 1.96 bits per heavy atom. The van der Waals surface area contributed by atoms with Gasteiger partial charge in [0.2, 0.25) is 0 Å². The Morgan fingerprint density at radius 3 is 2.58 bits per heavy atom. The third-order valence-corrected chi connectivity index (χ3v) is 5.43.